The van der Waals surface area contributed by atoms with Crippen LogP contribution in [0.5, 0.6) is 5.75 Å². The average Bonchev–Trinajstić information content (AvgIpc) is 2.49. The number of hydrogen-bond acceptors (Lipinski definition) is 2. The lowest BCUT2D eigenvalue weighted by Gasteiger charge is -2.26. The topological polar surface area (TPSA) is 21.3 Å². The second kappa shape index (κ2) is 5.88. The third-order valence-corrected chi connectivity index (χ3v) is 4.52. The molecule has 0 saturated carbocycles. The molecule has 0 aliphatic heterocycles. The third-order valence-electron chi connectivity index (χ3n) is 3.87. The van der Waals surface area contributed by atoms with E-state index >= 15 is 0 Å². The van der Waals surface area contributed by atoms with Gasteiger partial charge in [0.15, 0.2) is 0 Å². The quantitative estimate of drug-likeness (QED) is 0.898. The van der Waals surface area contributed by atoms with E-state index in [-0.39, 0.29) is 0 Å². The Morgan fingerprint density at radius 3 is 2.75 bits per heavy atom. The molecule has 1 N–H and O–H groups in total. The molecule has 1 atom stereocenters. The molecule has 3 rings (SSSR count). The molecule has 3 heteroatoms. The van der Waals surface area contributed by atoms with Crippen molar-refractivity contribution in [3.63, 3.8) is 0 Å². The number of hydrogen-bond donors (Lipinski definition) is 1. The number of benzene rings is 2. The molecule has 1 aliphatic carbocycles. The summed E-state index contributed by atoms with van der Waals surface area (Å²) in [5.41, 5.74) is 4.09. The summed E-state index contributed by atoms with van der Waals surface area (Å²) in [7, 11) is 1.70. The van der Waals surface area contributed by atoms with E-state index in [0.29, 0.717) is 6.04 Å². The first-order valence-corrected chi connectivity index (χ1v) is 7.72. The first kappa shape index (κ1) is 13.5. The maximum Gasteiger partial charge on any atom is 0.135 e. The zero-order valence-electron chi connectivity index (χ0n) is 11.5. The predicted molar refractivity (Wildman–Crippen MR) is 86.6 cm³/mol. The smallest absolute Gasteiger partial charge is 0.135 e. The van der Waals surface area contributed by atoms with Crippen LogP contribution in [0.1, 0.15) is 17.5 Å². The molecule has 0 amide bonds. The molecule has 2 nitrogen and oxygen atoms in total. The molecule has 104 valence electrons. The summed E-state index contributed by atoms with van der Waals surface area (Å²) in [6.45, 7) is 0. The van der Waals surface area contributed by atoms with Gasteiger partial charge in [0.05, 0.1) is 11.6 Å². The van der Waals surface area contributed by atoms with Crippen LogP contribution in [0, 0.1) is 0 Å². The van der Waals surface area contributed by atoms with Crippen molar-refractivity contribution in [2.75, 3.05) is 12.4 Å². The van der Waals surface area contributed by atoms with Crippen LogP contribution in [0.3, 0.4) is 0 Å². The molecule has 1 unspecified atom stereocenters. The van der Waals surface area contributed by atoms with E-state index in [1.54, 1.807) is 7.11 Å². The molecule has 0 bridgehead atoms. The largest absolute Gasteiger partial charge is 0.495 e. The van der Waals surface area contributed by atoms with Crippen LogP contribution in [-0.2, 0) is 12.8 Å². The van der Waals surface area contributed by atoms with Crippen LogP contribution in [0.2, 0.25) is 0 Å². The fraction of sp³-hybridized carbons (Fsp3) is 0.294. The Balaban J connectivity index is 1.73. The van der Waals surface area contributed by atoms with E-state index in [4.69, 9.17) is 4.74 Å². The summed E-state index contributed by atoms with van der Waals surface area (Å²) in [6.07, 6.45) is 3.42. The van der Waals surface area contributed by atoms with Crippen molar-refractivity contribution in [1.29, 1.82) is 0 Å². The third kappa shape index (κ3) is 2.83. The van der Waals surface area contributed by atoms with Crippen LogP contribution < -0.4 is 10.1 Å². The fourth-order valence-electron chi connectivity index (χ4n) is 2.81. The van der Waals surface area contributed by atoms with Gasteiger partial charge < -0.3 is 10.1 Å². The average molecular weight is 332 g/mol. The Hall–Kier alpha value is -1.48. The van der Waals surface area contributed by atoms with E-state index in [0.717, 1.165) is 28.8 Å². The van der Waals surface area contributed by atoms with Crippen molar-refractivity contribution in [3.05, 3.63) is 58.1 Å². The summed E-state index contributed by atoms with van der Waals surface area (Å²) in [6, 6.07) is 15.4. The highest BCUT2D eigenvalue weighted by Crippen LogP contribution is 2.29. The number of ether oxygens (including phenoxy) is 1. The SMILES string of the molecule is COc1cc(NC2CCc3ccccc3C2)ccc1Br. The highest BCUT2D eigenvalue weighted by molar-refractivity contribution is 9.10. The minimum Gasteiger partial charge on any atom is -0.495 e. The van der Waals surface area contributed by atoms with Crippen LogP contribution in [0.15, 0.2) is 46.9 Å². The van der Waals surface area contributed by atoms with Gasteiger partial charge in [0.1, 0.15) is 5.75 Å². The summed E-state index contributed by atoms with van der Waals surface area (Å²) < 4.78 is 6.33. The number of rotatable bonds is 3. The summed E-state index contributed by atoms with van der Waals surface area (Å²) in [5, 5.41) is 3.62. The molecule has 0 aromatic heterocycles. The standard InChI is InChI=1S/C17H18BrNO/c1-20-17-11-15(8-9-16(17)18)19-14-7-6-12-4-2-3-5-13(12)10-14/h2-5,8-9,11,14,19H,6-7,10H2,1H3. The number of anilines is 1. The van der Waals surface area contributed by atoms with Crippen molar-refractivity contribution < 1.29 is 4.74 Å². The minimum atomic E-state index is 0.496. The van der Waals surface area contributed by atoms with Gasteiger partial charge in [0, 0.05) is 17.8 Å². The lowest BCUT2D eigenvalue weighted by molar-refractivity contribution is 0.412. The second-order valence-corrected chi connectivity index (χ2v) is 6.06. The minimum absolute atomic E-state index is 0.496. The molecule has 2 aromatic rings. The number of methoxy groups -OCH3 is 1. The monoisotopic (exact) mass is 331 g/mol. The fourth-order valence-corrected chi connectivity index (χ4v) is 3.21. The zero-order valence-corrected chi connectivity index (χ0v) is 13.1. The highest BCUT2D eigenvalue weighted by atomic mass is 79.9. The Labute approximate surface area is 128 Å². The van der Waals surface area contributed by atoms with Gasteiger partial charge in [0.25, 0.3) is 0 Å². The Morgan fingerprint density at radius 1 is 1.15 bits per heavy atom. The van der Waals surface area contributed by atoms with E-state index in [1.165, 1.54) is 17.5 Å². The lowest BCUT2D eigenvalue weighted by atomic mass is 9.88. The normalized spacial score (nSPS) is 17.4. The molecular formula is C17H18BrNO. The molecule has 20 heavy (non-hydrogen) atoms. The first-order valence-electron chi connectivity index (χ1n) is 6.93. The summed E-state index contributed by atoms with van der Waals surface area (Å²) in [5.74, 6) is 0.867. The zero-order chi connectivity index (χ0) is 13.9. The summed E-state index contributed by atoms with van der Waals surface area (Å²) in [4.78, 5) is 0. The maximum atomic E-state index is 5.34. The van der Waals surface area contributed by atoms with E-state index in [9.17, 15) is 0 Å². The molecule has 0 saturated heterocycles. The number of halogens is 1. The van der Waals surface area contributed by atoms with Crippen LogP contribution in [0.4, 0.5) is 5.69 Å². The van der Waals surface area contributed by atoms with Gasteiger partial charge in [-0.15, -0.1) is 0 Å². The van der Waals surface area contributed by atoms with Crippen molar-refractivity contribution in [2.24, 2.45) is 0 Å². The van der Waals surface area contributed by atoms with Gasteiger partial charge in [-0.2, -0.15) is 0 Å². The van der Waals surface area contributed by atoms with Crippen LogP contribution in [-0.4, -0.2) is 13.2 Å². The highest BCUT2D eigenvalue weighted by Gasteiger charge is 2.18. The molecule has 0 fully saturated rings. The van der Waals surface area contributed by atoms with E-state index in [1.807, 2.05) is 12.1 Å². The van der Waals surface area contributed by atoms with Crippen molar-refractivity contribution in [3.8, 4) is 5.75 Å². The van der Waals surface area contributed by atoms with E-state index in [2.05, 4.69) is 51.6 Å². The lowest BCUT2D eigenvalue weighted by Crippen LogP contribution is -2.27. The van der Waals surface area contributed by atoms with Crippen molar-refractivity contribution in [2.45, 2.75) is 25.3 Å². The van der Waals surface area contributed by atoms with Crippen LogP contribution in [0.25, 0.3) is 0 Å². The van der Waals surface area contributed by atoms with Gasteiger partial charge in [-0.25, -0.2) is 0 Å². The summed E-state index contributed by atoms with van der Waals surface area (Å²) >= 11 is 3.48. The molecule has 0 heterocycles. The van der Waals surface area contributed by atoms with Gasteiger partial charge in [-0.05, 0) is 58.5 Å². The number of aryl methyl sites for hydroxylation is 1. The molecule has 0 spiro atoms. The van der Waals surface area contributed by atoms with Crippen LogP contribution >= 0.6 is 15.9 Å². The number of nitrogens with one attached hydrogen (secondary N) is 1. The first-order chi connectivity index (χ1) is 9.76. The predicted octanol–water partition coefficient (Wildman–Crippen LogP) is 4.43. The Morgan fingerprint density at radius 2 is 1.95 bits per heavy atom. The Bertz CT molecular complexity index is 612. The van der Waals surface area contributed by atoms with E-state index < -0.39 is 0 Å². The Kier molecular flexibility index (Phi) is 3.97. The van der Waals surface area contributed by atoms with Gasteiger partial charge in [-0.1, -0.05) is 24.3 Å². The molecular weight excluding hydrogens is 314 g/mol. The second-order valence-electron chi connectivity index (χ2n) is 5.20. The number of fused-ring (bicyclic) bond motifs is 1. The molecule has 0 radical (unpaired) electrons. The molecule has 1 aliphatic rings. The van der Waals surface area contributed by atoms with Gasteiger partial charge in [-0.3, -0.25) is 0 Å². The van der Waals surface area contributed by atoms with Gasteiger partial charge >= 0.3 is 0 Å². The molecule has 2 aromatic carbocycles. The van der Waals surface area contributed by atoms with Crippen molar-refractivity contribution >= 4 is 21.6 Å². The van der Waals surface area contributed by atoms with Gasteiger partial charge in [0.2, 0.25) is 0 Å². The maximum absolute atomic E-state index is 5.34. The van der Waals surface area contributed by atoms with Crippen molar-refractivity contribution in [1.82, 2.24) is 0 Å².